The van der Waals surface area contributed by atoms with Gasteiger partial charge in [-0.3, -0.25) is 10.1 Å². The zero-order chi connectivity index (χ0) is 25.4. The summed E-state index contributed by atoms with van der Waals surface area (Å²) in [6, 6.07) is 12.1. The van der Waals surface area contributed by atoms with Crippen LogP contribution in [0.15, 0.2) is 51.8 Å². The maximum Gasteiger partial charge on any atom is 0.322 e. The summed E-state index contributed by atoms with van der Waals surface area (Å²) in [6.45, 7) is 9.11. The molecule has 0 aliphatic rings. The number of hydrogen-bond donors (Lipinski definition) is 1. The molecule has 0 saturated heterocycles. The van der Waals surface area contributed by atoms with Crippen LogP contribution in [-0.2, 0) is 16.4 Å². The largest absolute Gasteiger partial charge is 0.407 e. The molecule has 8 nitrogen and oxygen atoms in total. The van der Waals surface area contributed by atoms with Crippen LogP contribution in [0.25, 0.3) is 0 Å². The number of aromatic nitrogens is 2. The molecule has 9 heteroatoms. The van der Waals surface area contributed by atoms with Gasteiger partial charge < -0.3 is 4.42 Å². The van der Waals surface area contributed by atoms with Gasteiger partial charge in [-0.05, 0) is 62.1 Å². The molecule has 2 aromatic carbocycles. The monoisotopic (exact) mass is 498 g/mol. The molecule has 0 aliphatic heterocycles. The van der Waals surface area contributed by atoms with E-state index in [4.69, 9.17) is 4.42 Å². The summed E-state index contributed by atoms with van der Waals surface area (Å²) in [6.07, 6.45) is 3.91. The lowest BCUT2D eigenvalue weighted by Crippen LogP contribution is -2.33. The van der Waals surface area contributed by atoms with E-state index < -0.39 is 15.9 Å². The lowest BCUT2D eigenvalue weighted by atomic mass is 10.0. The van der Waals surface area contributed by atoms with Gasteiger partial charge in [-0.2, -0.15) is 4.31 Å². The maximum absolute atomic E-state index is 13.1. The molecule has 1 heterocycles. The van der Waals surface area contributed by atoms with Crippen LogP contribution in [-0.4, -0.2) is 41.9 Å². The molecule has 0 saturated carbocycles. The second-order valence-electron chi connectivity index (χ2n) is 8.70. The lowest BCUT2D eigenvalue weighted by Gasteiger charge is -2.22. The summed E-state index contributed by atoms with van der Waals surface area (Å²) in [5.41, 5.74) is 3.68. The van der Waals surface area contributed by atoms with E-state index in [0.29, 0.717) is 31.0 Å². The third kappa shape index (κ3) is 6.99. The fourth-order valence-electron chi connectivity index (χ4n) is 3.70. The number of hydrogen-bond acceptors (Lipinski definition) is 6. The fourth-order valence-corrected chi connectivity index (χ4v) is 5.22. The van der Waals surface area contributed by atoms with Gasteiger partial charge in [0.1, 0.15) is 0 Å². The van der Waals surface area contributed by atoms with Gasteiger partial charge in [-0.25, -0.2) is 8.42 Å². The molecule has 1 N–H and O–H groups in total. The van der Waals surface area contributed by atoms with E-state index >= 15 is 0 Å². The predicted octanol–water partition coefficient (Wildman–Crippen LogP) is 5.12. The number of rotatable bonds is 12. The topological polar surface area (TPSA) is 105 Å². The molecule has 0 radical (unpaired) electrons. The highest BCUT2D eigenvalue weighted by Crippen LogP contribution is 2.20. The molecular weight excluding hydrogens is 464 g/mol. The van der Waals surface area contributed by atoms with E-state index in [-0.39, 0.29) is 10.9 Å². The van der Waals surface area contributed by atoms with Crippen molar-refractivity contribution in [3.63, 3.8) is 0 Å². The van der Waals surface area contributed by atoms with Crippen molar-refractivity contribution in [2.45, 2.75) is 64.7 Å². The van der Waals surface area contributed by atoms with Gasteiger partial charge >= 0.3 is 6.01 Å². The van der Waals surface area contributed by atoms with Crippen LogP contribution >= 0.6 is 0 Å². The molecular formula is C26H34N4O4S. The zero-order valence-corrected chi connectivity index (χ0v) is 21.7. The minimum absolute atomic E-state index is 0.00299. The third-order valence-corrected chi connectivity index (χ3v) is 7.72. The van der Waals surface area contributed by atoms with Crippen molar-refractivity contribution in [1.29, 1.82) is 0 Å². The summed E-state index contributed by atoms with van der Waals surface area (Å²) in [5, 5.41) is 10.5. The Labute approximate surface area is 207 Å². The molecule has 1 aromatic heterocycles. The minimum atomic E-state index is -3.62. The molecule has 35 heavy (non-hydrogen) atoms. The predicted molar refractivity (Wildman–Crippen MR) is 136 cm³/mol. The second-order valence-corrected chi connectivity index (χ2v) is 10.6. The quantitative estimate of drug-likeness (QED) is 0.372. The number of unbranched alkanes of at least 4 members (excludes halogenated alkanes) is 2. The van der Waals surface area contributed by atoms with Crippen LogP contribution in [0.2, 0.25) is 0 Å². The van der Waals surface area contributed by atoms with Crippen LogP contribution in [0, 0.1) is 13.8 Å². The highest BCUT2D eigenvalue weighted by atomic mass is 32.2. The molecule has 0 aliphatic carbocycles. The van der Waals surface area contributed by atoms with Crippen molar-refractivity contribution in [3.05, 3.63) is 70.6 Å². The fraction of sp³-hybridized carbons (Fsp3) is 0.423. The Morgan fingerprint density at radius 1 is 0.971 bits per heavy atom. The van der Waals surface area contributed by atoms with Crippen LogP contribution < -0.4 is 5.32 Å². The number of amides is 1. The number of carbonyl (C=O) groups excluding carboxylic acids is 1. The molecule has 3 aromatic rings. The van der Waals surface area contributed by atoms with Crippen molar-refractivity contribution < 1.29 is 17.6 Å². The van der Waals surface area contributed by atoms with Gasteiger partial charge in [0, 0.05) is 18.7 Å². The highest BCUT2D eigenvalue weighted by Gasteiger charge is 2.24. The first-order valence-corrected chi connectivity index (χ1v) is 13.5. The Hall–Kier alpha value is -3.04. The Bertz CT molecular complexity index is 1230. The van der Waals surface area contributed by atoms with Gasteiger partial charge in [0.05, 0.1) is 11.3 Å². The zero-order valence-electron chi connectivity index (χ0n) is 20.9. The first-order valence-electron chi connectivity index (χ1n) is 12.0. The molecule has 0 atom stereocenters. The van der Waals surface area contributed by atoms with Crippen molar-refractivity contribution in [3.8, 4) is 0 Å². The van der Waals surface area contributed by atoms with Crippen molar-refractivity contribution in [1.82, 2.24) is 14.5 Å². The second kappa shape index (κ2) is 12.1. The molecule has 0 spiro atoms. The average Bonchev–Trinajstić information content (AvgIpc) is 3.27. The molecule has 0 bridgehead atoms. The summed E-state index contributed by atoms with van der Waals surface area (Å²) in [7, 11) is -3.62. The normalized spacial score (nSPS) is 11.7. The van der Waals surface area contributed by atoms with Crippen LogP contribution in [0.5, 0.6) is 0 Å². The SMILES string of the molecule is CCCCN(CCCC)S(=O)(=O)c1ccc(C(=O)Nc2nnc(Cc3ccc(C)cc3C)o2)cc1. The van der Waals surface area contributed by atoms with Gasteiger partial charge in [0.2, 0.25) is 15.9 Å². The molecule has 0 fully saturated rings. The molecule has 188 valence electrons. The van der Waals surface area contributed by atoms with Crippen LogP contribution in [0.4, 0.5) is 6.01 Å². The van der Waals surface area contributed by atoms with Crippen LogP contribution in [0.3, 0.4) is 0 Å². The van der Waals surface area contributed by atoms with Crippen molar-refractivity contribution >= 4 is 21.9 Å². The van der Waals surface area contributed by atoms with E-state index in [1.165, 1.54) is 34.1 Å². The Morgan fingerprint density at radius 2 is 1.63 bits per heavy atom. The van der Waals surface area contributed by atoms with E-state index in [9.17, 15) is 13.2 Å². The Kier molecular flexibility index (Phi) is 9.17. The van der Waals surface area contributed by atoms with Gasteiger partial charge in [0.15, 0.2) is 0 Å². The lowest BCUT2D eigenvalue weighted by molar-refractivity contribution is 0.102. The van der Waals surface area contributed by atoms with E-state index in [1.54, 1.807) is 0 Å². The molecule has 3 rings (SSSR count). The summed E-state index contributed by atoms with van der Waals surface area (Å²) >= 11 is 0. The standard InChI is InChI=1S/C26H34N4O4S/c1-5-7-15-30(16-8-6-2)35(32,33)23-13-11-21(12-14-23)25(31)27-26-29-28-24(34-26)18-22-10-9-19(3)17-20(22)4/h9-14,17H,5-8,15-16,18H2,1-4H3,(H,27,29,31). The van der Waals surface area contributed by atoms with Crippen LogP contribution in [0.1, 0.15) is 72.5 Å². The number of nitrogens with zero attached hydrogens (tertiary/aromatic N) is 3. The van der Waals surface area contributed by atoms with E-state index in [2.05, 4.69) is 21.6 Å². The summed E-state index contributed by atoms with van der Waals surface area (Å²) in [5.74, 6) is -0.0579. The number of anilines is 1. The van der Waals surface area contributed by atoms with Gasteiger partial charge in [-0.1, -0.05) is 55.6 Å². The number of carbonyl (C=O) groups is 1. The van der Waals surface area contributed by atoms with E-state index in [0.717, 1.165) is 36.8 Å². The smallest absolute Gasteiger partial charge is 0.322 e. The summed E-state index contributed by atoms with van der Waals surface area (Å²) < 4.78 is 33.3. The number of nitrogens with one attached hydrogen (secondary N) is 1. The molecule has 0 unspecified atom stereocenters. The summed E-state index contributed by atoms with van der Waals surface area (Å²) in [4.78, 5) is 12.8. The Balaban J connectivity index is 1.67. The average molecular weight is 499 g/mol. The van der Waals surface area contributed by atoms with Crippen molar-refractivity contribution in [2.24, 2.45) is 0 Å². The first-order chi connectivity index (χ1) is 16.7. The minimum Gasteiger partial charge on any atom is -0.407 e. The van der Waals surface area contributed by atoms with Gasteiger partial charge in [-0.15, -0.1) is 5.10 Å². The maximum atomic E-state index is 13.1. The van der Waals surface area contributed by atoms with Crippen molar-refractivity contribution in [2.75, 3.05) is 18.4 Å². The number of sulfonamides is 1. The molecule has 1 amide bonds. The number of aryl methyl sites for hydroxylation is 2. The first kappa shape index (κ1) is 26.6. The van der Waals surface area contributed by atoms with E-state index in [1.807, 2.05) is 39.8 Å². The highest BCUT2D eigenvalue weighted by molar-refractivity contribution is 7.89. The number of benzene rings is 2. The third-order valence-electron chi connectivity index (χ3n) is 5.80. The van der Waals surface area contributed by atoms with Gasteiger partial charge in [0.25, 0.3) is 5.91 Å². The Morgan fingerprint density at radius 3 is 2.23 bits per heavy atom.